The molecule has 2 nitrogen and oxygen atoms in total. The number of unbranched alkanes of at least 4 members (excludes halogenated alkanes) is 2. The van der Waals surface area contributed by atoms with Crippen molar-refractivity contribution in [2.24, 2.45) is 0 Å². The van der Waals surface area contributed by atoms with E-state index in [0.717, 1.165) is 43.4 Å². The van der Waals surface area contributed by atoms with E-state index in [2.05, 4.69) is 27.7 Å². The number of hydrogen-bond donors (Lipinski definition) is 1. The van der Waals surface area contributed by atoms with Gasteiger partial charge in [-0.15, -0.1) is 0 Å². The van der Waals surface area contributed by atoms with E-state index in [9.17, 15) is 3.44 Å². The van der Waals surface area contributed by atoms with Crippen molar-refractivity contribution in [3.8, 4) is 0 Å². The molecule has 0 aromatic carbocycles. The van der Waals surface area contributed by atoms with E-state index in [1.807, 2.05) is 0 Å². The van der Waals surface area contributed by atoms with E-state index < -0.39 is 36.9 Å². The zero-order chi connectivity index (χ0) is 14.8. The summed E-state index contributed by atoms with van der Waals surface area (Å²) in [5.41, 5.74) is 0. The third kappa shape index (κ3) is 9.43. The first-order valence-electron chi connectivity index (χ1n) is 8.06. The minimum atomic E-state index is -3.34. The molecule has 0 amide bonds. The van der Waals surface area contributed by atoms with Crippen LogP contribution in [0.2, 0.25) is 17.7 Å². The Balaban J connectivity index is 4.70. The Morgan fingerprint density at radius 3 is 1.79 bits per heavy atom. The predicted molar refractivity (Wildman–Crippen MR) is 90.3 cm³/mol. The molecule has 0 rings (SSSR count). The third-order valence-electron chi connectivity index (χ3n) is 3.46. The maximum absolute atomic E-state index is 11.0. The van der Waals surface area contributed by atoms with Crippen molar-refractivity contribution in [2.75, 3.05) is 0 Å². The number of rotatable bonds is 12. The van der Waals surface area contributed by atoms with Crippen molar-refractivity contribution in [3.63, 3.8) is 0 Å². The molecule has 116 valence electrons. The van der Waals surface area contributed by atoms with Gasteiger partial charge in [-0.3, -0.25) is 0 Å². The van der Waals surface area contributed by atoms with Gasteiger partial charge >= 0.3 is 135 Å². The molecule has 0 radical (unpaired) electrons. The van der Waals surface area contributed by atoms with Crippen molar-refractivity contribution in [1.82, 2.24) is 0 Å². The van der Waals surface area contributed by atoms with Crippen molar-refractivity contribution in [3.05, 3.63) is 0 Å². The van der Waals surface area contributed by atoms with Crippen LogP contribution in [0.4, 0.5) is 0 Å². The zero-order valence-corrected chi connectivity index (χ0v) is 19.8. The van der Waals surface area contributed by atoms with E-state index in [-0.39, 0.29) is 0 Å². The van der Waals surface area contributed by atoms with Crippen molar-refractivity contribution in [1.29, 1.82) is 0 Å². The van der Waals surface area contributed by atoms with Gasteiger partial charge in [0.15, 0.2) is 0 Å². The van der Waals surface area contributed by atoms with E-state index in [0.29, 0.717) is 0 Å². The first-order valence-corrected chi connectivity index (χ1v) is 23.4. The van der Waals surface area contributed by atoms with Gasteiger partial charge in [-0.1, -0.05) is 0 Å². The Kier molecular flexibility index (Phi) is 12.5. The fraction of sp³-hybridized carbons (Fsp3) is 1.00. The summed E-state index contributed by atoms with van der Waals surface area (Å²) in [6, 6.07) is 0. The van der Waals surface area contributed by atoms with Crippen LogP contribution in [-0.2, 0) is 1.41 Å². The summed E-state index contributed by atoms with van der Waals surface area (Å²) >= 11 is -6.33. The van der Waals surface area contributed by atoms with Gasteiger partial charge in [0.2, 0.25) is 0 Å². The van der Waals surface area contributed by atoms with Crippen molar-refractivity contribution < 1.29 is 4.86 Å². The summed E-state index contributed by atoms with van der Waals surface area (Å²) in [4.78, 5) is 0. The Labute approximate surface area is 133 Å². The van der Waals surface area contributed by atoms with Crippen LogP contribution in [-0.4, -0.2) is 40.3 Å². The maximum atomic E-state index is 11.0. The molecule has 2 atom stereocenters. The quantitative estimate of drug-likeness (QED) is 0.353. The summed E-state index contributed by atoms with van der Waals surface area (Å²) in [6.45, 7) is 8.71. The predicted octanol–water partition coefficient (Wildman–Crippen LogP) is 5.54. The summed E-state index contributed by atoms with van der Waals surface area (Å²) < 4.78 is 21.4. The van der Waals surface area contributed by atoms with Crippen LogP contribution in [0.1, 0.15) is 66.2 Å². The number of halogens is 1. The van der Waals surface area contributed by atoms with Crippen LogP contribution < -0.4 is 0 Å². The molecule has 0 aromatic heterocycles. The second kappa shape index (κ2) is 11.4. The topological polar surface area (TPSA) is 29.5 Å². The van der Waals surface area contributed by atoms with Gasteiger partial charge in [0.1, 0.15) is 0 Å². The van der Waals surface area contributed by atoms with Crippen molar-refractivity contribution in [2.45, 2.75) is 84.0 Å². The average Bonchev–Trinajstić information content (AvgIpc) is 2.34. The normalized spacial score (nSPS) is 18.0. The van der Waals surface area contributed by atoms with Gasteiger partial charge in [0, 0.05) is 0 Å². The first kappa shape index (κ1) is 20.8. The molecular formula is C14H33ClO2Sn2. The molecule has 0 heterocycles. The monoisotopic (exact) mass is 508 g/mol. The molecule has 0 fully saturated rings. The summed E-state index contributed by atoms with van der Waals surface area (Å²) in [5.74, 6) is 0. The van der Waals surface area contributed by atoms with Gasteiger partial charge in [-0.25, -0.2) is 0 Å². The zero-order valence-electron chi connectivity index (χ0n) is 13.3. The van der Waals surface area contributed by atoms with E-state index in [1.165, 1.54) is 12.8 Å². The summed E-state index contributed by atoms with van der Waals surface area (Å²) in [5, 5.41) is 0. The molecule has 0 saturated carbocycles. The Morgan fingerprint density at radius 2 is 1.32 bits per heavy atom. The fourth-order valence-electron chi connectivity index (χ4n) is 2.45. The first-order chi connectivity index (χ1) is 8.95. The molecule has 2 unspecified atom stereocenters. The van der Waals surface area contributed by atoms with E-state index >= 15 is 0 Å². The number of hydrogen-bond acceptors (Lipinski definition) is 2. The van der Waals surface area contributed by atoms with Crippen LogP contribution in [0.3, 0.4) is 0 Å². The minimum absolute atomic E-state index is 0.926. The fourth-order valence-corrected chi connectivity index (χ4v) is 45.9. The average molecular weight is 506 g/mol. The second-order valence-electron chi connectivity index (χ2n) is 5.64. The van der Waals surface area contributed by atoms with Gasteiger partial charge in [0.05, 0.1) is 0 Å². The molecule has 0 aliphatic carbocycles. The van der Waals surface area contributed by atoms with Crippen LogP contribution >= 0.6 is 8.92 Å². The third-order valence-corrected chi connectivity index (χ3v) is 39.5. The molecule has 0 aromatic rings. The summed E-state index contributed by atoms with van der Waals surface area (Å²) in [6.07, 6.45) is 6.72. The van der Waals surface area contributed by atoms with E-state index in [1.54, 1.807) is 0 Å². The summed E-state index contributed by atoms with van der Waals surface area (Å²) in [7, 11) is 6.90. The Bertz CT molecular complexity index is 209. The molecule has 1 N–H and O–H groups in total. The van der Waals surface area contributed by atoms with E-state index in [4.69, 9.17) is 10.3 Å². The van der Waals surface area contributed by atoms with Crippen LogP contribution in [0, 0.1) is 0 Å². The molecule has 5 heteroatoms. The van der Waals surface area contributed by atoms with Gasteiger partial charge in [-0.05, 0) is 0 Å². The van der Waals surface area contributed by atoms with Crippen molar-refractivity contribution >= 4 is 45.8 Å². The molecule has 0 spiro atoms. The molecule has 19 heavy (non-hydrogen) atoms. The standard InChI is InChI=1S/2C4H9.2C3H7.ClH.H2O.O.2Sn/c2*1-3-4-2;2*1-3-2;;;;;/h2*1,3-4H2,2H3;2*1,3H2,2H3;1H;1H2;;;/q;;;;;;;2*+1/p-2. The molecule has 0 aliphatic rings. The Morgan fingerprint density at radius 1 is 0.789 bits per heavy atom. The van der Waals surface area contributed by atoms with Gasteiger partial charge < -0.3 is 0 Å². The molecule has 0 bridgehead atoms. The molecular weight excluding hydrogens is 473 g/mol. The molecule has 0 aliphatic heterocycles. The van der Waals surface area contributed by atoms with Crippen LogP contribution in [0.15, 0.2) is 0 Å². The second-order valence-corrected chi connectivity index (χ2v) is 30.9. The van der Waals surface area contributed by atoms with Crippen LogP contribution in [0.25, 0.3) is 0 Å². The van der Waals surface area contributed by atoms with Gasteiger partial charge in [-0.2, -0.15) is 0 Å². The SMILES string of the molecule is CCC[CH2][Sn]([OH])([CH2]CC)[O][Sn]([Cl])([CH2]CC)[CH2]CCC. The van der Waals surface area contributed by atoms with Gasteiger partial charge in [0.25, 0.3) is 0 Å². The molecule has 0 saturated heterocycles. The Hall–Kier alpha value is 1.81. The van der Waals surface area contributed by atoms with Crippen LogP contribution in [0.5, 0.6) is 0 Å².